The number of amides is 2. The van der Waals surface area contributed by atoms with Gasteiger partial charge in [0.05, 0.1) is 29.6 Å². The summed E-state index contributed by atoms with van der Waals surface area (Å²) in [5.41, 5.74) is 6.99. The van der Waals surface area contributed by atoms with Crippen molar-refractivity contribution in [3.05, 3.63) is 96.1 Å². The molecule has 5 rings (SSSR count). The van der Waals surface area contributed by atoms with Crippen molar-refractivity contribution in [3.8, 4) is 11.3 Å². The summed E-state index contributed by atoms with van der Waals surface area (Å²) in [5, 5.41) is 5.50. The Morgan fingerprint density at radius 1 is 0.897 bits per heavy atom. The molecule has 1 aromatic heterocycles. The molecule has 1 aliphatic carbocycles. The molecule has 3 aromatic carbocycles. The predicted molar refractivity (Wildman–Crippen MR) is 154 cm³/mol. The van der Waals surface area contributed by atoms with E-state index in [2.05, 4.69) is 10.7 Å². The Bertz CT molecular complexity index is 1420. The van der Waals surface area contributed by atoms with Gasteiger partial charge in [0.2, 0.25) is 0 Å². The number of anilines is 1. The Kier molecular flexibility index (Phi) is 8.48. The first kappa shape index (κ1) is 26.4. The smallest absolute Gasteiger partial charge is 0.433 e. The van der Waals surface area contributed by atoms with E-state index in [1.165, 1.54) is 39.2 Å². The van der Waals surface area contributed by atoms with E-state index in [9.17, 15) is 9.59 Å². The summed E-state index contributed by atoms with van der Waals surface area (Å²) >= 11 is 0. The van der Waals surface area contributed by atoms with Gasteiger partial charge in [0.1, 0.15) is 0 Å². The van der Waals surface area contributed by atoms with Crippen molar-refractivity contribution >= 4 is 28.6 Å². The van der Waals surface area contributed by atoms with Crippen molar-refractivity contribution in [2.24, 2.45) is 5.92 Å². The molecule has 1 heterocycles. The van der Waals surface area contributed by atoms with Crippen LogP contribution in [-0.2, 0) is 11.3 Å². The van der Waals surface area contributed by atoms with Gasteiger partial charge in [0.15, 0.2) is 0 Å². The first-order chi connectivity index (χ1) is 19.2. The largest absolute Gasteiger partial charge is 0.451 e. The molecule has 7 heteroatoms. The van der Waals surface area contributed by atoms with Gasteiger partial charge in [-0.1, -0.05) is 86.0 Å². The molecule has 0 unspecified atom stereocenters. The van der Waals surface area contributed by atoms with Gasteiger partial charge in [-0.15, -0.1) is 0 Å². The third-order valence-corrected chi connectivity index (χ3v) is 7.31. The second-order valence-electron chi connectivity index (χ2n) is 9.91. The summed E-state index contributed by atoms with van der Waals surface area (Å²) in [6.45, 7) is 1.37. The fourth-order valence-electron chi connectivity index (χ4n) is 5.35. The SMILES string of the molecule is COC(=O)N(NC(=O)c1c(CNCC2CCCCC2)c(-c2ccccc2)nc2ccccc12)c1ccccc1. The van der Waals surface area contributed by atoms with Crippen LogP contribution in [0.4, 0.5) is 10.5 Å². The Hall–Kier alpha value is -4.23. The Morgan fingerprint density at radius 3 is 2.28 bits per heavy atom. The second-order valence-corrected chi connectivity index (χ2v) is 9.91. The predicted octanol–water partition coefficient (Wildman–Crippen LogP) is 6.49. The summed E-state index contributed by atoms with van der Waals surface area (Å²) in [6.07, 6.45) is 5.63. The minimum Gasteiger partial charge on any atom is -0.451 e. The second kappa shape index (κ2) is 12.5. The summed E-state index contributed by atoms with van der Waals surface area (Å²) in [6, 6.07) is 26.5. The number of aromatic nitrogens is 1. The van der Waals surface area contributed by atoms with Crippen LogP contribution in [0, 0.1) is 5.92 Å². The van der Waals surface area contributed by atoms with E-state index in [1.807, 2.05) is 60.7 Å². The minimum absolute atomic E-state index is 0.408. The standard InChI is InChI=1S/C32H34N4O3/c1-39-32(38)36(25-17-9-4-10-18-25)35-31(37)29-26-19-11-12-20-28(26)34-30(24-15-7-3-8-16-24)27(29)22-33-21-23-13-5-2-6-14-23/h3-4,7-12,15-20,23,33H,2,5-6,13-14,21-22H2,1H3,(H,35,37). The van der Waals surface area contributed by atoms with E-state index in [0.717, 1.165) is 33.8 Å². The van der Waals surface area contributed by atoms with E-state index in [4.69, 9.17) is 9.72 Å². The summed E-state index contributed by atoms with van der Waals surface area (Å²) in [4.78, 5) is 31.9. The molecule has 1 aliphatic rings. The number of methoxy groups -OCH3 is 1. The Labute approximate surface area is 229 Å². The van der Waals surface area contributed by atoms with Crippen LogP contribution in [-0.4, -0.2) is 30.6 Å². The molecule has 0 spiro atoms. The first-order valence-electron chi connectivity index (χ1n) is 13.6. The molecule has 1 saturated carbocycles. The van der Waals surface area contributed by atoms with Crippen LogP contribution >= 0.6 is 0 Å². The van der Waals surface area contributed by atoms with Crippen LogP contribution in [0.1, 0.15) is 48.0 Å². The minimum atomic E-state index is -0.687. The topological polar surface area (TPSA) is 83.6 Å². The lowest BCUT2D eigenvalue weighted by Gasteiger charge is -2.25. The molecular formula is C32H34N4O3. The number of fused-ring (bicyclic) bond motifs is 1. The number of benzene rings is 3. The highest BCUT2D eigenvalue weighted by Gasteiger charge is 2.26. The van der Waals surface area contributed by atoms with Crippen molar-refractivity contribution in [2.75, 3.05) is 18.7 Å². The van der Waals surface area contributed by atoms with E-state index < -0.39 is 12.0 Å². The maximum atomic E-state index is 14.1. The number of hydrogen-bond acceptors (Lipinski definition) is 5. The molecule has 200 valence electrons. The number of nitrogens with zero attached hydrogens (tertiary/aromatic N) is 2. The Balaban J connectivity index is 1.58. The molecule has 0 bridgehead atoms. The van der Waals surface area contributed by atoms with Gasteiger partial charge in [-0.25, -0.2) is 9.78 Å². The number of carbonyl (C=O) groups is 2. The van der Waals surface area contributed by atoms with E-state index in [1.54, 1.807) is 24.3 Å². The molecule has 0 saturated heterocycles. The molecule has 39 heavy (non-hydrogen) atoms. The number of carbonyl (C=O) groups excluding carboxylic acids is 2. The first-order valence-corrected chi connectivity index (χ1v) is 13.6. The normalized spacial score (nSPS) is 13.7. The molecule has 0 radical (unpaired) electrons. The highest BCUT2D eigenvalue weighted by molar-refractivity contribution is 6.10. The van der Waals surface area contributed by atoms with Gasteiger partial charge in [0, 0.05) is 23.1 Å². The van der Waals surface area contributed by atoms with Gasteiger partial charge in [-0.2, -0.15) is 5.01 Å². The molecule has 0 aliphatic heterocycles. The molecular weight excluding hydrogens is 488 g/mol. The third-order valence-electron chi connectivity index (χ3n) is 7.31. The maximum Gasteiger partial charge on any atom is 0.433 e. The summed E-state index contributed by atoms with van der Waals surface area (Å²) < 4.78 is 4.99. The number of hydrazine groups is 1. The van der Waals surface area contributed by atoms with Crippen LogP contribution in [0.3, 0.4) is 0 Å². The van der Waals surface area contributed by atoms with Crippen LogP contribution in [0.25, 0.3) is 22.2 Å². The zero-order valence-corrected chi connectivity index (χ0v) is 22.2. The van der Waals surface area contributed by atoms with Gasteiger partial charge in [0.25, 0.3) is 5.91 Å². The highest BCUT2D eigenvalue weighted by atomic mass is 16.5. The molecule has 1 fully saturated rings. The maximum absolute atomic E-state index is 14.1. The lowest BCUT2D eigenvalue weighted by Crippen LogP contribution is -2.47. The van der Waals surface area contributed by atoms with E-state index in [0.29, 0.717) is 29.2 Å². The van der Waals surface area contributed by atoms with Gasteiger partial charge < -0.3 is 10.1 Å². The van der Waals surface area contributed by atoms with Crippen LogP contribution < -0.4 is 15.8 Å². The third kappa shape index (κ3) is 6.10. The molecule has 0 atom stereocenters. The van der Waals surface area contributed by atoms with E-state index >= 15 is 0 Å². The number of ether oxygens (including phenoxy) is 1. The molecule has 7 nitrogen and oxygen atoms in total. The van der Waals surface area contributed by atoms with Crippen molar-refractivity contribution in [1.29, 1.82) is 0 Å². The number of para-hydroxylation sites is 2. The van der Waals surface area contributed by atoms with Crippen molar-refractivity contribution < 1.29 is 14.3 Å². The van der Waals surface area contributed by atoms with Crippen LogP contribution in [0.2, 0.25) is 0 Å². The highest BCUT2D eigenvalue weighted by Crippen LogP contribution is 2.31. The molecule has 4 aromatic rings. The molecule has 2 amide bonds. The Morgan fingerprint density at radius 2 is 1.56 bits per heavy atom. The lowest BCUT2D eigenvalue weighted by molar-refractivity contribution is 0.0941. The van der Waals surface area contributed by atoms with Crippen molar-refractivity contribution in [3.63, 3.8) is 0 Å². The summed E-state index contributed by atoms with van der Waals surface area (Å²) in [7, 11) is 1.29. The van der Waals surface area contributed by atoms with Crippen LogP contribution in [0.15, 0.2) is 84.9 Å². The zero-order valence-electron chi connectivity index (χ0n) is 22.2. The number of rotatable bonds is 7. The average molecular weight is 523 g/mol. The lowest BCUT2D eigenvalue weighted by atomic mass is 9.89. The van der Waals surface area contributed by atoms with Gasteiger partial charge in [-0.3, -0.25) is 10.2 Å². The number of pyridine rings is 1. The zero-order chi connectivity index (χ0) is 27.0. The van der Waals surface area contributed by atoms with Crippen LogP contribution in [0.5, 0.6) is 0 Å². The average Bonchev–Trinajstić information content (AvgIpc) is 3.00. The quantitative estimate of drug-likeness (QED) is 0.271. The van der Waals surface area contributed by atoms with Gasteiger partial charge >= 0.3 is 6.09 Å². The number of nitrogens with one attached hydrogen (secondary N) is 2. The fourth-order valence-corrected chi connectivity index (χ4v) is 5.35. The number of hydrogen-bond donors (Lipinski definition) is 2. The van der Waals surface area contributed by atoms with Crippen molar-refractivity contribution in [1.82, 2.24) is 15.7 Å². The van der Waals surface area contributed by atoms with Crippen molar-refractivity contribution in [2.45, 2.75) is 38.6 Å². The van der Waals surface area contributed by atoms with E-state index in [-0.39, 0.29) is 0 Å². The monoisotopic (exact) mass is 522 g/mol. The van der Waals surface area contributed by atoms with Gasteiger partial charge in [-0.05, 0) is 43.5 Å². The molecule has 2 N–H and O–H groups in total. The summed E-state index contributed by atoms with van der Waals surface area (Å²) in [5.74, 6) is 0.229. The fraction of sp³-hybridized carbons (Fsp3) is 0.281.